The zero-order valence-corrected chi connectivity index (χ0v) is 8.61. The molecule has 1 saturated heterocycles. The number of nitrogen functional groups attached to an aromatic ring is 1. The van der Waals surface area contributed by atoms with E-state index in [9.17, 15) is 0 Å². The van der Waals surface area contributed by atoms with Crippen molar-refractivity contribution in [3.05, 3.63) is 12.4 Å². The predicted molar refractivity (Wildman–Crippen MR) is 56.9 cm³/mol. The molecule has 0 aromatic carbocycles. The van der Waals surface area contributed by atoms with Gasteiger partial charge >= 0.3 is 0 Å². The summed E-state index contributed by atoms with van der Waals surface area (Å²) in [6.07, 6.45) is 6.21. The summed E-state index contributed by atoms with van der Waals surface area (Å²) in [6, 6.07) is 0.472. The summed E-state index contributed by atoms with van der Waals surface area (Å²) in [7, 11) is 0. The standard InChI is InChI=1S/C10H18N4/c1-8(9-2-4-12-5-3-9)14-7-6-13-10(14)11/h6-9,12H,2-5H2,1H3,(H2,11,13). The Bertz CT molecular complexity index is 288. The van der Waals surface area contributed by atoms with Gasteiger partial charge in [0.25, 0.3) is 0 Å². The molecule has 1 fully saturated rings. The zero-order valence-electron chi connectivity index (χ0n) is 8.61. The second-order valence-corrected chi connectivity index (χ2v) is 4.02. The van der Waals surface area contributed by atoms with Crippen molar-refractivity contribution in [3.8, 4) is 0 Å². The maximum atomic E-state index is 5.78. The molecule has 4 heteroatoms. The van der Waals surface area contributed by atoms with Gasteiger partial charge in [-0.2, -0.15) is 0 Å². The van der Waals surface area contributed by atoms with Gasteiger partial charge in [-0.15, -0.1) is 0 Å². The summed E-state index contributed by atoms with van der Waals surface area (Å²) in [4.78, 5) is 4.06. The molecule has 1 aromatic rings. The van der Waals surface area contributed by atoms with E-state index < -0.39 is 0 Å². The molecule has 3 N–H and O–H groups in total. The minimum absolute atomic E-state index is 0.472. The van der Waals surface area contributed by atoms with Crippen LogP contribution in [0, 0.1) is 5.92 Å². The summed E-state index contributed by atoms with van der Waals surface area (Å²) in [5.74, 6) is 1.36. The van der Waals surface area contributed by atoms with Crippen LogP contribution in [0.4, 0.5) is 5.95 Å². The first-order valence-corrected chi connectivity index (χ1v) is 5.28. The Kier molecular flexibility index (Phi) is 2.72. The summed E-state index contributed by atoms with van der Waals surface area (Å²) < 4.78 is 2.08. The molecule has 2 rings (SSSR count). The molecule has 4 nitrogen and oxygen atoms in total. The number of imidazole rings is 1. The van der Waals surface area contributed by atoms with Gasteiger partial charge in [-0.05, 0) is 38.8 Å². The molecule has 1 unspecified atom stereocenters. The van der Waals surface area contributed by atoms with Crippen molar-refractivity contribution >= 4 is 5.95 Å². The Hall–Kier alpha value is -1.03. The summed E-state index contributed by atoms with van der Waals surface area (Å²) in [6.45, 7) is 4.49. The largest absolute Gasteiger partial charge is 0.369 e. The molecule has 0 amide bonds. The third-order valence-corrected chi connectivity index (χ3v) is 3.20. The van der Waals surface area contributed by atoms with Crippen LogP contribution in [0.2, 0.25) is 0 Å². The minimum Gasteiger partial charge on any atom is -0.369 e. The van der Waals surface area contributed by atoms with Crippen LogP contribution in [0.3, 0.4) is 0 Å². The highest BCUT2D eigenvalue weighted by molar-refractivity contribution is 5.18. The third kappa shape index (κ3) is 1.75. The van der Waals surface area contributed by atoms with Crippen molar-refractivity contribution in [2.24, 2.45) is 5.92 Å². The fourth-order valence-corrected chi connectivity index (χ4v) is 2.22. The molecule has 1 aromatic heterocycles. The highest BCUT2D eigenvalue weighted by Crippen LogP contribution is 2.27. The molecule has 0 bridgehead atoms. The van der Waals surface area contributed by atoms with Crippen LogP contribution in [0.25, 0.3) is 0 Å². The van der Waals surface area contributed by atoms with Crippen molar-refractivity contribution in [2.45, 2.75) is 25.8 Å². The molecule has 2 heterocycles. The van der Waals surface area contributed by atoms with Gasteiger partial charge in [0.1, 0.15) is 0 Å². The minimum atomic E-state index is 0.472. The monoisotopic (exact) mass is 194 g/mol. The Labute approximate surface area is 84.5 Å². The SMILES string of the molecule is CC(C1CCNCC1)n1ccnc1N. The van der Waals surface area contributed by atoms with E-state index >= 15 is 0 Å². The van der Waals surface area contributed by atoms with Gasteiger partial charge in [0.05, 0.1) is 0 Å². The molecule has 14 heavy (non-hydrogen) atoms. The van der Waals surface area contributed by atoms with E-state index in [0.29, 0.717) is 12.0 Å². The molecule has 1 atom stereocenters. The summed E-state index contributed by atoms with van der Waals surface area (Å²) in [5.41, 5.74) is 5.78. The number of hydrogen-bond acceptors (Lipinski definition) is 3. The third-order valence-electron chi connectivity index (χ3n) is 3.20. The Morgan fingerprint density at radius 3 is 2.86 bits per heavy atom. The number of rotatable bonds is 2. The van der Waals surface area contributed by atoms with Crippen LogP contribution >= 0.6 is 0 Å². The zero-order chi connectivity index (χ0) is 9.97. The van der Waals surface area contributed by atoms with Gasteiger partial charge in [0.15, 0.2) is 5.95 Å². The average Bonchev–Trinajstić information content (AvgIpc) is 2.65. The fourth-order valence-electron chi connectivity index (χ4n) is 2.22. The van der Waals surface area contributed by atoms with Crippen molar-refractivity contribution in [2.75, 3.05) is 18.8 Å². The van der Waals surface area contributed by atoms with Crippen LogP contribution in [0.15, 0.2) is 12.4 Å². The van der Waals surface area contributed by atoms with Crippen molar-refractivity contribution in [3.63, 3.8) is 0 Å². The Morgan fingerprint density at radius 2 is 2.29 bits per heavy atom. The van der Waals surface area contributed by atoms with Gasteiger partial charge in [-0.3, -0.25) is 0 Å². The second kappa shape index (κ2) is 4.00. The van der Waals surface area contributed by atoms with Crippen LogP contribution in [0.5, 0.6) is 0 Å². The van der Waals surface area contributed by atoms with E-state index in [-0.39, 0.29) is 0 Å². The van der Waals surface area contributed by atoms with Gasteiger partial charge in [-0.1, -0.05) is 0 Å². The number of aromatic nitrogens is 2. The second-order valence-electron chi connectivity index (χ2n) is 4.02. The highest BCUT2D eigenvalue weighted by atomic mass is 15.2. The lowest BCUT2D eigenvalue weighted by molar-refractivity contribution is 0.277. The number of nitrogens with zero attached hydrogens (tertiary/aromatic N) is 2. The van der Waals surface area contributed by atoms with E-state index in [2.05, 4.69) is 21.8 Å². The van der Waals surface area contributed by atoms with Crippen LogP contribution in [-0.2, 0) is 0 Å². The van der Waals surface area contributed by atoms with E-state index in [1.165, 1.54) is 12.8 Å². The first-order valence-electron chi connectivity index (χ1n) is 5.28. The van der Waals surface area contributed by atoms with E-state index in [1.54, 1.807) is 6.20 Å². The Morgan fingerprint density at radius 1 is 1.57 bits per heavy atom. The topological polar surface area (TPSA) is 55.9 Å². The molecular weight excluding hydrogens is 176 g/mol. The number of nitrogens with two attached hydrogens (primary N) is 1. The van der Waals surface area contributed by atoms with E-state index in [1.807, 2.05) is 6.20 Å². The molecule has 1 aliphatic rings. The highest BCUT2D eigenvalue weighted by Gasteiger charge is 2.21. The first-order chi connectivity index (χ1) is 6.79. The van der Waals surface area contributed by atoms with Gasteiger partial charge < -0.3 is 15.6 Å². The molecule has 0 spiro atoms. The van der Waals surface area contributed by atoms with Crippen molar-refractivity contribution in [1.82, 2.24) is 14.9 Å². The van der Waals surface area contributed by atoms with Crippen molar-refractivity contribution < 1.29 is 0 Å². The molecule has 0 aliphatic carbocycles. The van der Waals surface area contributed by atoms with E-state index in [0.717, 1.165) is 19.0 Å². The van der Waals surface area contributed by atoms with E-state index in [4.69, 9.17) is 5.73 Å². The molecule has 78 valence electrons. The van der Waals surface area contributed by atoms with Crippen LogP contribution in [0.1, 0.15) is 25.8 Å². The lowest BCUT2D eigenvalue weighted by Crippen LogP contribution is -2.32. The fraction of sp³-hybridized carbons (Fsp3) is 0.700. The van der Waals surface area contributed by atoms with Crippen LogP contribution in [-0.4, -0.2) is 22.6 Å². The summed E-state index contributed by atoms with van der Waals surface area (Å²) in [5, 5.41) is 3.37. The maximum Gasteiger partial charge on any atom is 0.200 e. The molecule has 0 saturated carbocycles. The normalized spacial score (nSPS) is 20.9. The number of hydrogen-bond donors (Lipinski definition) is 2. The molecular formula is C10H18N4. The molecule has 1 aliphatic heterocycles. The number of nitrogens with one attached hydrogen (secondary N) is 1. The molecule has 0 radical (unpaired) electrons. The average molecular weight is 194 g/mol. The van der Waals surface area contributed by atoms with Gasteiger partial charge in [0, 0.05) is 18.4 Å². The van der Waals surface area contributed by atoms with Crippen molar-refractivity contribution in [1.29, 1.82) is 0 Å². The lowest BCUT2D eigenvalue weighted by atomic mass is 9.91. The summed E-state index contributed by atoms with van der Waals surface area (Å²) >= 11 is 0. The number of piperidine rings is 1. The van der Waals surface area contributed by atoms with Gasteiger partial charge in [-0.25, -0.2) is 4.98 Å². The van der Waals surface area contributed by atoms with Crippen LogP contribution < -0.4 is 11.1 Å². The lowest BCUT2D eigenvalue weighted by Gasteiger charge is -2.29. The predicted octanol–water partition coefficient (Wildman–Crippen LogP) is 1.03. The smallest absolute Gasteiger partial charge is 0.200 e. The number of anilines is 1. The maximum absolute atomic E-state index is 5.78. The Balaban J connectivity index is 2.07. The quantitative estimate of drug-likeness (QED) is 0.739. The first kappa shape index (κ1) is 9.52. The van der Waals surface area contributed by atoms with Gasteiger partial charge in [0.2, 0.25) is 0 Å².